The van der Waals surface area contributed by atoms with Gasteiger partial charge in [-0.2, -0.15) is 0 Å². The predicted molar refractivity (Wildman–Crippen MR) is 94.3 cm³/mol. The molecule has 1 atom stereocenters. The number of benzene rings is 1. The van der Waals surface area contributed by atoms with Crippen LogP contribution in [0.25, 0.3) is 0 Å². The van der Waals surface area contributed by atoms with Crippen LogP contribution in [-0.4, -0.2) is 44.2 Å². The molecule has 6 heteroatoms. The smallest absolute Gasteiger partial charge is 0.191 e. The van der Waals surface area contributed by atoms with Crippen molar-refractivity contribution in [2.45, 2.75) is 44.6 Å². The van der Waals surface area contributed by atoms with Gasteiger partial charge in [-0.05, 0) is 44.7 Å². The van der Waals surface area contributed by atoms with Crippen LogP contribution in [0.1, 0.15) is 32.3 Å². The first-order valence-electron chi connectivity index (χ1n) is 8.15. The van der Waals surface area contributed by atoms with E-state index in [-0.39, 0.29) is 11.8 Å². The number of aryl methyl sites for hydroxylation is 1. The average Bonchev–Trinajstić information content (AvgIpc) is 2.47. The van der Waals surface area contributed by atoms with E-state index < -0.39 is 9.84 Å². The Balaban J connectivity index is 2.01. The summed E-state index contributed by atoms with van der Waals surface area (Å²) in [5, 5.41) is 0. The highest BCUT2D eigenvalue weighted by molar-refractivity contribution is 7.91. The molecule has 1 heterocycles. The number of sulfone groups is 1. The number of hydrogen-bond donors (Lipinski definition) is 1. The number of aliphatic imine (C=N–C) groups is 1. The lowest BCUT2D eigenvalue weighted by Gasteiger charge is -2.31. The largest absolute Gasteiger partial charge is 0.370 e. The molecular formula is C17H27N3O2S. The summed E-state index contributed by atoms with van der Waals surface area (Å²) >= 11 is 0. The summed E-state index contributed by atoms with van der Waals surface area (Å²) in [5.74, 6) is 1.16. The normalized spacial score (nSPS) is 18.9. The Morgan fingerprint density at radius 2 is 1.87 bits per heavy atom. The van der Waals surface area contributed by atoms with Gasteiger partial charge in [-0.1, -0.05) is 24.6 Å². The topological polar surface area (TPSA) is 75.8 Å². The maximum atomic E-state index is 12.4. The number of hydrogen-bond acceptors (Lipinski definition) is 3. The first-order chi connectivity index (χ1) is 10.8. The first kappa shape index (κ1) is 17.8. The van der Waals surface area contributed by atoms with Crippen LogP contribution in [0, 0.1) is 12.8 Å². The van der Waals surface area contributed by atoms with Gasteiger partial charge in [0.15, 0.2) is 15.8 Å². The van der Waals surface area contributed by atoms with E-state index in [1.165, 1.54) is 0 Å². The monoisotopic (exact) mass is 337 g/mol. The number of piperidine rings is 1. The van der Waals surface area contributed by atoms with Crippen molar-refractivity contribution in [2.75, 3.05) is 18.8 Å². The molecular weight excluding hydrogens is 310 g/mol. The molecule has 0 radical (unpaired) electrons. The summed E-state index contributed by atoms with van der Waals surface area (Å²) in [7, 11) is -3.34. The van der Waals surface area contributed by atoms with E-state index in [2.05, 4.69) is 16.8 Å². The summed E-state index contributed by atoms with van der Waals surface area (Å²) in [5.41, 5.74) is 7.09. The van der Waals surface area contributed by atoms with Gasteiger partial charge >= 0.3 is 0 Å². The van der Waals surface area contributed by atoms with Crippen molar-refractivity contribution in [3.05, 3.63) is 29.8 Å². The van der Waals surface area contributed by atoms with Crippen molar-refractivity contribution in [3.8, 4) is 0 Å². The molecule has 2 rings (SSSR count). The van der Waals surface area contributed by atoms with Gasteiger partial charge in [0.05, 0.1) is 16.7 Å². The number of nitrogens with zero attached hydrogens (tertiary/aromatic N) is 2. The van der Waals surface area contributed by atoms with Crippen LogP contribution < -0.4 is 5.73 Å². The Morgan fingerprint density at radius 1 is 1.30 bits per heavy atom. The number of likely N-dealkylation sites (tertiary alicyclic amines) is 1. The van der Waals surface area contributed by atoms with Gasteiger partial charge in [-0.3, -0.25) is 0 Å². The number of nitrogens with two attached hydrogens (primary N) is 1. The van der Waals surface area contributed by atoms with Crippen molar-refractivity contribution in [1.82, 2.24) is 4.90 Å². The second-order valence-corrected chi connectivity index (χ2v) is 8.63. The second-order valence-electron chi connectivity index (χ2n) is 6.60. The van der Waals surface area contributed by atoms with Crippen LogP contribution in [0.3, 0.4) is 0 Å². The van der Waals surface area contributed by atoms with E-state index in [0.29, 0.717) is 10.9 Å². The van der Waals surface area contributed by atoms with Gasteiger partial charge in [0.1, 0.15) is 0 Å². The zero-order chi connectivity index (χ0) is 17.0. The summed E-state index contributed by atoms with van der Waals surface area (Å²) in [6, 6.07) is 6.56. The Labute approximate surface area is 139 Å². The quantitative estimate of drug-likeness (QED) is 0.675. The van der Waals surface area contributed by atoms with Crippen molar-refractivity contribution in [1.29, 1.82) is 0 Å². The molecule has 1 unspecified atom stereocenters. The first-order valence-corrected chi connectivity index (χ1v) is 9.81. The molecule has 0 spiro atoms. The molecule has 0 bridgehead atoms. The molecule has 1 aromatic rings. The molecule has 0 aliphatic carbocycles. The van der Waals surface area contributed by atoms with Gasteiger partial charge in [0.25, 0.3) is 0 Å². The average molecular weight is 337 g/mol. The van der Waals surface area contributed by atoms with Crippen LogP contribution >= 0.6 is 0 Å². The molecule has 1 fully saturated rings. The summed E-state index contributed by atoms with van der Waals surface area (Å²) in [4.78, 5) is 6.79. The van der Waals surface area contributed by atoms with Crippen LogP contribution in [0.4, 0.5) is 0 Å². The molecule has 0 amide bonds. The number of rotatable bonds is 4. The highest BCUT2D eigenvalue weighted by atomic mass is 32.2. The van der Waals surface area contributed by atoms with E-state index in [9.17, 15) is 8.42 Å². The fourth-order valence-electron chi connectivity index (χ4n) is 2.74. The SMILES string of the molecule is Cc1ccc(S(=O)(=O)CC(C)N=C(N)N2CCC(C)CC2)cc1. The lowest BCUT2D eigenvalue weighted by atomic mass is 10.00. The summed E-state index contributed by atoms with van der Waals surface area (Å²) in [6.45, 7) is 7.76. The van der Waals surface area contributed by atoms with Gasteiger partial charge in [-0.15, -0.1) is 0 Å². The minimum absolute atomic E-state index is 0.0268. The Kier molecular flexibility index (Phi) is 5.68. The van der Waals surface area contributed by atoms with Gasteiger partial charge < -0.3 is 10.6 Å². The van der Waals surface area contributed by atoms with Crippen molar-refractivity contribution in [2.24, 2.45) is 16.6 Å². The second kappa shape index (κ2) is 7.34. The lowest BCUT2D eigenvalue weighted by molar-refractivity contribution is 0.277. The van der Waals surface area contributed by atoms with Crippen molar-refractivity contribution in [3.63, 3.8) is 0 Å². The lowest BCUT2D eigenvalue weighted by Crippen LogP contribution is -2.43. The third-order valence-corrected chi connectivity index (χ3v) is 6.21. The minimum Gasteiger partial charge on any atom is -0.370 e. The molecule has 128 valence electrons. The van der Waals surface area contributed by atoms with Gasteiger partial charge in [0, 0.05) is 13.1 Å². The van der Waals surface area contributed by atoms with Gasteiger partial charge in [0.2, 0.25) is 0 Å². The highest BCUT2D eigenvalue weighted by Gasteiger charge is 2.21. The highest BCUT2D eigenvalue weighted by Crippen LogP contribution is 2.17. The summed E-state index contributed by atoms with van der Waals surface area (Å²) in [6.07, 6.45) is 2.21. The van der Waals surface area contributed by atoms with E-state index in [1.54, 1.807) is 19.1 Å². The fourth-order valence-corrected chi connectivity index (χ4v) is 4.19. The summed E-state index contributed by atoms with van der Waals surface area (Å²) < 4.78 is 24.9. The van der Waals surface area contributed by atoms with E-state index >= 15 is 0 Å². The molecule has 1 aromatic carbocycles. The molecule has 1 saturated heterocycles. The van der Waals surface area contributed by atoms with E-state index in [4.69, 9.17) is 5.73 Å². The van der Waals surface area contributed by atoms with Crippen LogP contribution in [0.2, 0.25) is 0 Å². The van der Waals surface area contributed by atoms with Gasteiger partial charge in [-0.25, -0.2) is 13.4 Å². The third-order valence-electron chi connectivity index (χ3n) is 4.30. The fraction of sp³-hybridized carbons (Fsp3) is 0.588. The van der Waals surface area contributed by atoms with Crippen molar-refractivity contribution < 1.29 is 8.42 Å². The maximum absolute atomic E-state index is 12.4. The molecule has 2 N–H and O–H groups in total. The molecule has 5 nitrogen and oxygen atoms in total. The minimum atomic E-state index is -3.34. The standard InChI is InChI=1S/C17H27N3O2S/c1-13-4-6-16(7-5-13)23(21,22)12-15(3)19-17(18)20-10-8-14(2)9-11-20/h4-7,14-15H,8-12H2,1-3H3,(H2,18,19). The van der Waals surface area contributed by atoms with E-state index in [0.717, 1.165) is 37.4 Å². The maximum Gasteiger partial charge on any atom is 0.191 e. The van der Waals surface area contributed by atoms with Crippen molar-refractivity contribution >= 4 is 15.8 Å². The molecule has 1 aliphatic heterocycles. The molecule has 0 aromatic heterocycles. The van der Waals surface area contributed by atoms with Crippen LogP contribution in [0.15, 0.2) is 34.2 Å². The molecule has 0 saturated carbocycles. The Morgan fingerprint density at radius 3 is 2.43 bits per heavy atom. The Hall–Kier alpha value is -1.56. The number of guanidine groups is 1. The third kappa shape index (κ3) is 4.96. The zero-order valence-electron chi connectivity index (χ0n) is 14.2. The van der Waals surface area contributed by atoms with Crippen LogP contribution in [-0.2, 0) is 9.84 Å². The Bertz CT molecular complexity index is 645. The molecule has 23 heavy (non-hydrogen) atoms. The molecule has 1 aliphatic rings. The van der Waals surface area contributed by atoms with E-state index in [1.807, 2.05) is 19.1 Å². The predicted octanol–water partition coefficient (Wildman–Crippen LogP) is 2.20. The zero-order valence-corrected chi connectivity index (χ0v) is 15.0. The van der Waals surface area contributed by atoms with Crippen LogP contribution in [0.5, 0.6) is 0 Å².